The van der Waals surface area contributed by atoms with Crippen molar-refractivity contribution in [2.75, 3.05) is 19.7 Å². The molecule has 0 bridgehead atoms. The van der Waals surface area contributed by atoms with Crippen LogP contribution in [0.3, 0.4) is 0 Å². The highest BCUT2D eigenvalue weighted by Crippen LogP contribution is 2.16. The predicted molar refractivity (Wildman–Crippen MR) is 117 cm³/mol. The van der Waals surface area contributed by atoms with Crippen molar-refractivity contribution in [2.24, 2.45) is 0 Å². The van der Waals surface area contributed by atoms with Crippen molar-refractivity contribution in [2.45, 2.75) is 64.2 Å². The Labute approximate surface area is 173 Å². The van der Waals surface area contributed by atoms with Crippen LogP contribution in [0.15, 0.2) is 58.5 Å². The molecule has 0 aliphatic carbocycles. The molecule has 0 fully saturated rings. The summed E-state index contributed by atoms with van der Waals surface area (Å²) in [4.78, 5) is 15.5. The monoisotopic (exact) mass is 405 g/mol. The smallest absolute Gasteiger partial charge is 0.347 e. The number of allylic oxidation sites excluding steroid dienone is 2. The van der Waals surface area contributed by atoms with Crippen LogP contribution in [0, 0.1) is 0 Å². The predicted octanol–water partition coefficient (Wildman–Crippen LogP) is 5.44. The van der Waals surface area contributed by atoms with E-state index in [2.05, 4.69) is 25.7 Å². The van der Waals surface area contributed by atoms with E-state index in [-0.39, 0.29) is 4.91 Å². The van der Waals surface area contributed by atoms with Gasteiger partial charge in [0.1, 0.15) is 4.91 Å². The molecule has 0 saturated carbocycles. The van der Waals surface area contributed by atoms with Crippen LogP contribution in [0.4, 0.5) is 0 Å². The second kappa shape index (κ2) is 15.1. The first kappa shape index (κ1) is 24.2. The number of hydrogen-bond acceptors (Lipinski definition) is 4. The normalized spacial score (nSPS) is 12.9. The number of ether oxygens (including phenoxy) is 1. The second-order valence-corrected chi connectivity index (χ2v) is 8.03. The minimum absolute atomic E-state index is 0.181. The fourth-order valence-corrected chi connectivity index (χ4v) is 3.75. The molecular weight excluding hydrogens is 370 g/mol. The molecule has 1 aromatic carbocycles. The second-order valence-electron chi connectivity index (χ2n) is 6.58. The van der Waals surface area contributed by atoms with Gasteiger partial charge in [0.05, 0.1) is 17.4 Å². The molecule has 1 rings (SSSR count). The van der Waals surface area contributed by atoms with Crippen LogP contribution in [0.25, 0.3) is 0 Å². The number of benzene rings is 1. The Morgan fingerprint density at radius 3 is 2.29 bits per heavy atom. The van der Waals surface area contributed by atoms with E-state index >= 15 is 0 Å². The number of unbranched alkanes of at least 4 members (excludes halogenated alkanes) is 5. The van der Waals surface area contributed by atoms with E-state index in [1.165, 1.54) is 19.3 Å². The van der Waals surface area contributed by atoms with Gasteiger partial charge in [-0.25, -0.2) is 9.00 Å². The first-order valence-corrected chi connectivity index (χ1v) is 11.5. The fourth-order valence-electron chi connectivity index (χ4n) is 2.68. The topological polar surface area (TPSA) is 46.6 Å². The number of carbonyl (C=O) groups excluding carboxylic acids is 1. The summed E-state index contributed by atoms with van der Waals surface area (Å²) in [6, 6.07) is 9.02. The van der Waals surface area contributed by atoms with Gasteiger partial charge in [0.2, 0.25) is 0 Å². The molecule has 1 aromatic rings. The molecule has 0 amide bonds. The van der Waals surface area contributed by atoms with E-state index in [1.54, 1.807) is 24.3 Å². The number of carbonyl (C=O) groups is 1. The summed E-state index contributed by atoms with van der Waals surface area (Å²) in [5, 5.41) is 0. The standard InChI is InChI=1S/C23H35NO3S/c1-4-7-8-9-10-14-20-27-23(25)22(18-15-19-24(5-2)6-3)28(26)21-16-12-11-13-17-21/h11-13,15-19H,4-10,14,20H2,1-3H3. The summed E-state index contributed by atoms with van der Waals surface area (Å²) in [6.07, 6.45) is 12.0. The minimum atomic E-state index is -1.56. The zero-order valence-corrected chi connectivity index (χ0v) is 18.4. The van der Waals surface area contributed by atoms with Crippen molar-refractivity contribution in [3.63, 3.8) is 0 Å². The molecule has 1 atom stereocenters. The average Bonchev–Trinajstić information content (AvgIpc) is 2.73. The van der Waals surface area contributed by atoms with Gasteiger partial charge < -0.3 is 9.64 Å². The first-order valence-electron chi connectivity index (χ1n) is 10.4. The highest BCUT2D eigenvalue weighted by atomic mass is 32.2. The SMILES string of the molecule is CCCCCCCCOC(=O)C(=CC=CN(CC)CC)S(=O)c1ccccc1. The average molecular weight is 406 g/mol. The van der Waals surface area contributed by atoms with Crippen molar-refractivity contribution in [3.05, 3.63) is 53.6 Å². The van der Waals surface area contributed by atoms with Crippen LogP contribution >= 0.6 is 0 Å². The van der Waals surface area contributed by atoms with E-state index in [0.717, 1.165) is 32.4 Å². The van der Waals surface area contributed by atoms with Crippen LogP contribution in [0.1, 0.15) is 59.3 Å². The molecule has 0 aliphatic heterocycles. The largest absolute Gasteiger partial charge is 0.462 e. The van der Waals surface area contributed by atoms with Crippen molar-refractivity contribution >= 4 is 16.8 Å². The van der Waals surface area contributed by atoms with Gasteiger partial charge in [-0.2, -0.15) is 0 Å². The molecule has 0 N–H and O–H groups in total. The summed E-state index contributed by atoms with van der Waals surface area (Å²) >= 11 is 0. The van der Waals surface area contributed by atoms with E-state index in [1.807, 2.05) is 24.4 Å². The third kappa shape index (κ3) is 9.36. The summed E-state index contributed by atoms with van der Waals surface area (Å²) in [5.41, 5.74) is 0. The Morgan fingerprint density at radius 2 is 1.64 bits per heavy atom. The van der Waals surface area contributed by atoms with Gasteiger partial charge >= 0.3 is 5.97 Å². The van der Waals surface area contributed by atoms with Gasteiger partial charge in [-0.15, -0.1) is 0 Å². The lowest BCUT2D eigenvalue weighted by Crippen LogP contribution is -2.15. The Morgan fingerprint density at radius 1 is 1.00 bits per heavy atom. The van der Waals surface area contributed by atoms with Crippen LogP contribution in [-0.4, -0.2) is 34.8 Å². The van der Waals surface area contributed by atoms with Crippen LogP contribution in [0.2, 0.25) is 0 Å². The van der Waals surface area contributed by atoms with E-state index in [0.29, 0.717) is 11.5 Å². The van der Waals surface area contributed by atoms with Crippen molar-refractivity contribution in [3.8, 4) is 0 Å². The van der Waals surface area contributed by atoms with Crippen LogP contribution in [-0.2, 0) is 20.3 Å². The summed E-state index contributed by atoms with van der Waals surface area (Å²) in [7, 11) is -1.56. The quantitative estimate of drug-likeness (QED) is 0.179. The van der Waals surface area contributed by atoms with Crippen molar-refractivity contribution in [1.29, 1.82) is 0 Å². The van der Waals surface area contributed by atoms with Gasteiger partial charge in [-0.3, -0.25) is 0 Å². The highest BCUT2D eigenvalue weighted by Gasteiger charge is 2.19. The van der Waals surface area contributed by atoms with Crippen molar-refractivity contribution in [1.82, 2.24) is 4.90 Å². The highest BCUT2D eigenvalue weighted by molar-refractivity contribution is 7.90. The molecule has 5 heteroatoms. The molecular formula is C23H35NO3S. The molecule has 0 spiro atoms. The zero-order chi connectivity index (χ0) is 20.6. The van der Waals surface area contributed by atoms with Gasteiger partial charge in [-0.05, 0) is 50.8 Å². The van der Waals surface area contributed by atoms with Crippen LogP contribution in [0.5, 0.6) is 0 Å². The van der Waals surface area contributed by atoms with Crippen LogP contribution < -0.4 is 0 Å². The molecule has 0 radical (unpaired) electrons. The molecule has 0 aliphatic rings. The minimum Gasteiger partial charge on any atom is -0.462 e. The van der Waals surface area contributed by atoms with E-state index < -0.39 is 16.8 Å². The molecule has 0 aromatic heterocycles. The Hall–Kier alpha value is -1.88. The summed E-state index contributed by atoms with van der Waals surface area (Å²) in [5.74, 6) is -0.500. The Kier molecular flexibility index (Phi) is 13.0. The van der Waals surface area contributed by atoms with E-state index in [9.17, 15) is 9.00 Å². The Bertz CT molecular complexity index is 637. The third-order valence-electron chi connectivity index (χ3n) is 4.45. The molecule has 1 unspecified atom stereocenters. The molecule has 4 nitrogen and oxygen atoms in total. The Balaban J connectivity index is 2.74. The summed E-state index contributed by atoms with van der Waals surface area (Å²) in [6.45, 7) is 8.44. The molecule has 156 valence electrons. The number of hydrogen-bond donors (Lipinski definition) is 0. The fraction of sp³-hybridized carbons (Fsp3) is 0.522. The lowest BCUT2D eigenvalue weighted by Gasteiger charge is -2.14. The van der Waals surface area contributed by atoms with Gasteiger partial charge in [0.25, 0.3) is 0 Å². The maximum absolute atomic E-state index is 12.9. The lowest BCUT2D eigenvalue weighted by molar-refractivity contribution is -0.138. The van der Waals surface area contributed by atoms with Gasteiger partial charge in [0.15, 0.2) is 0 Å². The first-order chi connectivity index (χ1) is 13.6. The molecule has 0 saturated heterocycles. The number of esters is 1. The summed E-state index contributed by atoms with van der Waals surface area (Å²) < 4.78 is 18.3. The van der Waals surface area contributed by atoms with E-state index in [4.69, 9.17) is 4.74 Å². The zero-order valence-electron chi connectivity index (χ0n) is 17.6. The number of nitrogens with zero attached hydrogens (tertiary/aromatic N) is 1. The maximum Gasteiger partial charge on any atom is 0.347 e. The van der Waals surface area contributed by atoms with Gasteiger partial charge in [0, 0.05) is 18.0 Å². The maximum atomic E-state index is 12.9. The van der Waals surface area contributed by atoms with Crippen molar-refractivity contribution < 1.29 is 13.7 Å². The third-order valence-corrected chi connectivity index (χ3v) is 5.85. The number of rotatable bonds is 14. The van der Waals surface area contributed by atoms with Gasteiger partial charge in [-0.1, -0.05) is 57.2 Å². The molecule has 28 heavy (non-hydrogen) atoms. The molecule has 0 heterocycles. The lowest BCUT2D eigenvalue weighted by atomic mass is 10.1.